The van der Waals surface area contributed by atoms with E-state index in [-0.39, 0.29) is 10.7 Å². The van der Waals surface area contributed by atoms with Crippen LogP contribution >= 0.6 is 0 Å². The summed E-state index contributed by atoms with van der Waals surface area (Å²) in [6.07, 6.45) is 19.2. The summed E-state index contributed by atoms with van der Waals surface area (Å²) in [6, 6.07) is 0. The topological polar surface area (TPSA) is 58.6 Å². The molecule has 0 aromatic rings. The molecule has 0 bridgehead atoms. The third-order valence-corrected chi connectivity index (χ3v) is 16.0. The minimum absolute atomic E-state index is 0.128. The summed E-state index contributed by atoms with van der Waals surface area (Å²) in [7, 11) is -1.02. The first-order valence-corrected chi connectivity index (χ1v) is 18.7. The Kier molecular flexibility index (Phi) is 7.56. The van der Waals surface area contributed by atoms with E-state index in [1.165, 1.54) is 76.2 Å². The first kappa shape index (κ1) is 29.5. The van der Waals surface area contributed by atoms with E-state index in [9.17, 15) is 8.42 Å². The Hall–Kier alpha value is -0.590. The van der Waals surface area contributed by atoms with Crippen molar-refractivity contribution in [2.45, 2.75) is 116 Å². The van der Waals surface area contributed by atoms with Gasteiger partial charge in [-0.2, -0.15) is 0 Å². The molecule has 0 radical (unpaired) electrons. The highest BCUT2D eigenvalue weighted by molar-refractivity contribution is 7.91. The fraction of sp³-hybridized carbons (Fsp3) is 0.941. The highest BCUT2D eigenvalue weighted by Crippen LogP contribution is 2.71. The average Bonchev–Trinajstić information content (AvgIpc) is 3.32. The lowest BCUT2D eigenvalue weighted by Crippen LogP contribution is -2.64. The van der Waals surface area contributed by atoms with Crippen molar-refractivity contribution in [2.24, 2.45) is 45.8 Å². The first-order chi connectivity index (χ1) is 18.8. The smallest absolute Gasteiger partial charge is 0.150 e. The van der Waals surface area contributed by atoms with Gasteiger partial charge >= 0.3 is 0 Å². The minimum Gasteiger partial charge on any atom is -0.501 e. The molecule has 1 aliphatic heterocycles. The largest absolute Gasteiger partial charge is 0.501 e. The summed E-state index contributed by atoms with van der Waals surface area (Å²) in [4.78, 5) is 2.50. The molecule has 6 aliphatic rings. The number of methoxy groups -OCH3 is 1. The zero-order valence-corrected chi connectivity index (χ0v) is 27.3. The summed E-state index contributed by atoms with van der Waals surface area (Å²) < 4.78 is 29.9. The molecule has 5 aliphatic carbocycles. The molecule has 1 N–H and O–H groups in total. The van der Waals surface area contributed by atoms with Crippen LogP contribution in [0.25, 0.3) is 0 Å². The Balaban J connectivity index is 1.13. The maximum Gasteiger partial charge on any atom is 0.150 e. The van der Waals surface area contributed by atoms with Crippen molar-refractivity contribution >= 4 is 9.84 Å². The molecule has 0 aromatic heterocycles. The SMILES string of the molecule is COC1=CCC2(C)C(CCC3(C)C4CCC5(NCCN6CCC(S(C)(=O)=O)CC6)CCC[C@@H]5C4CCC32)C1(C)C. The molecule has 5 nitrogen and oxygen atoms in total. The number of allylic oxidation sites excluding steroid dienone is 2. The van der Waals surface area contributed by atoms with E-state index in [2.05, 4.69) is 44.0 Å². The lowest BCUT2D eigenvalue weighted by molar-refractivity contribution is -0.180. The number of hydrogen-bond donors (Lipinski definition) is 1. The fourth-order valence-electron chi connectivity index (χ4n) is 12.5. The second-order valence-corrected chi connectivity index (χ2v) is 18.5. The number of ether oxygens (including phenoxy) is 1. The fourth-order valence-corrected chi connectivity index (χ4v) is 13.5. The van der Waals surface area contributed by atoms with Gasteiger partial charge in [0, 0.05) is 30.3 Å². The molecule has 0 spiro atoms. The minimum atomic E-state index is -2.90. The molecule has 1 saturated heterocycles. The highest BCUT2D eigenvalue weighted by atomic mass is 32.2. The predicted octanol–water partition coefficient (Wildman–Crippen LogP) is 6.44. The molecule has 8 atom stereocenters. The van der Waals surface area contributed by atoms with E-state index in [0.29, 0.717) is 22.3 Å². The van der Waals surface area contributed by atoms with Crippen LogP contribution in [0.15, 0.2) is 11.8 Å². The molecule has 228 valence electrons. The summed E-state index contributed by atoms with van der Waals surface area (Å²) in [5, 5.41) is 4.07. The van der Waals surface area contributed by atoms with Crippen LogP contribution in [0.1, 0.15) is 105 Å². The molecule has 0 amide bonds. The maximum atomic E-state index is 12.0. The summed E-state index contributed by atoms with van der Waals surface area (Å²) in [5.74, 6) is 5.38. The van der Waals surface area contributed by atoms with Crippen LogP contribution in [0.5, 0.6) is 0 Å². The second-order valence-electron chi connectivity index (χ2n) is 16.2. The van der Waals surface area contributed by atoms with Crippen molar-refractivity contribution in [1.29, 1.82) is 0 Å². The zero-order chi connectivity index (χ0) is 28.6. The van der Waals surface area contributed by atoms with E-state index in [1.54, 1.807) is 0 Å². The van der Waals surface area contributed by atoms with Crippen molar-refractivity contribution in [1.82, 2.24) is 10.2 Å². The van der Waals surface area contributed by atoms with Gasteiger partial charge in [0.1, 0.15) is 9.84 Å². The Morgan fingerprint density at radius 1 is 0.900 bits per heavy atom. The molecule has 1 heterocycles. The predicted molar refractivity (Wildman–Crippen MR) is 164 cm³/mol. The maximum absolute atomic E-state index is 12.0. The van der Waals surface area contributed by atoms with Crippen molar-refractivity contribution in [3.8, 4) is 0 Å². The quantitative estimate of drug-likeness (QED) is 0.396. The van der Waals surface area contributed by atoms with E-state index >= 15 is 0 Å². The standard InChI is InChI=1S/C34H58N2O3S/c1-31(2)28-12-17-32(3)26-11-19-34(35-20-23-36-21-14-24(15-22-36)40(6,37)38)16-7-8-27(34)25(26)9-10-29(32)33(28,4)18-13-30(31)39-5/h13,24-29,35H,7-12,14-23H2,1-6H3/t25?,26?,27-,28?,29?,32?,33?,34?/m1/s1. The highest BCUT2D eigenvalue weighted by Gasteiger charge is 2.65. The number of hydrogen-bond acceptors (Lipinski definition) is 5. The zero-order valence-electron chi connectivity index (χ0n) is 26.4. The number of rotatable bonds is 6. The van der Waals surface area contributed by atoms with Crippen molar-refractivity contribution in [3.63, 3.8) is 0 Å². The lowest BCUT2D eigenvalue weighted by atomic mass is 9.37. The number of nitrogens with zero attached hydrogens (tertiary/aromatic N) is 1. The third-order valence-electron chi connectivity index (χ3n) is 14.3. The first-order valence-electron chi connectivity index (χ1n) is 16.8. The van der Waals surface area contributed by atoms with Gasteiger partial charge in [0.05, 0.1) is 18.1 Å². The van der Waals surface area contributed by atoms with Gasteiger partial charge in [0.25, 0.3) is 0 Å². The van der Waals surface area contributed by atoms with Crippen LogP contribution in [0.3, 0.4) is 0 Å². The molecule has 6 rings (SSSR count). The van der Waals surface area contributed by atoms with Gasteiger partial charge in [0.15, 0.2) is 0 Å². The van der Waals surface area contributed by atoms with Crippen molar-refractivity contribution in [3.05, 3.63) is 11.8 Å². The van der Waals surface area contributed by atoms with Crippen LogP contribution in [0, 0.1) is 45.8 Å². The van der Waals surface area contributed by atoms with Gasteiger partial charge in [0.2, 0.25) is 0 Å². The van der Waals surface area contributed by atoms with Crippen LogP contribution < -0.4 is 5.32 Å². The van der Waals surface area contributed by atoms with Gasteiger partial charge in [-0.25, -0.2) is 8.42 Å². The Labute approximate surface area is 245 Å². The van der Waals surface area contributed by atoms with Crippen molar-refractivity contribution in [2.75, 3.05) is 39.5 Å². The lowest BCUT2D eigenvalue weighted by Gasteiger charge is -2.68. The van der Waals surface area contributed by atoms with Gasteiger partial charge in [-0.05, 0) is 130 Å². The molecule has 0 aromatic carbocycles. The van der Waals surface area contributed by atoms with Crippen LogP contribution in [-0.4, -0.2) is 63.7 Å². The van der Waals surface area contributed by atoms with E-state index in [4.69, 9.17) is 4.74 Å². The number of piperidine rings is 1. The average molecular weight is 575 g/mol. The molecule has 4 saturated carbocycles. The molecular formula is C34H58N2O3S. The molecule has 5 fully saturated rings. The van der Waals surface area contributed by atoms with Gasteiger partial charge < -0.3 is 15.0 Å². The molecule has 40 heavy (non-hydrogen) atoms. The van der Waals surface area contributed by atoms with E-state index in [1.807, 2.05) is 7.11 Å². The van der Waals surface area contributed by atoms with E-state index < -0.39 is 9.84 Å². The Morgan fingerprint density at radius 2 is 1.65 bits per heavy atom. The Bertz CT molecular complexity index is 1090. The molecular weight excluding hydrogens is 516 g/mol. The number of sulfone groups is 1. The summed E-state index contributed by atoms with van der Waals surface area (Å²) >= 11 is 0. The third kappa shape index (κ3) is 4.55. The Morgan fingerprint density at radius 3 is 2.35 bits per heavy atom. The van der Waals surface area contributed by atoms with Crippen LogP contribution in [0.2, 0.25) is 0 Å². The monoisotopic (exact) mass is 574 g/mol. The summed E-state index contributed by atoms with van der Waals surface area (Å²) in [5.41, 5.74) is 1.34. The number of likely N-dealkylation sites (tertiary alicyclic amines) is 1. The number of nitrogens with one attached hydrogen (secondary N) is 1. The van der Waals surface area contributed by atoms with Gasteiger partial charge in [-0.15, -0.1) is 0 Å². The van der Waals surface area contributed by atoms with Gasteiger partial charge in [-0.1, -0.05) is 34.1 Å². The van der Waals surface area contributed by atoms with Crippen LogP contribution in [-0.2, 0) is 14.6 Å². The normalized spacial score (nSPS) is 45.5. The van der Waals surface area contributed by atoms with Crippen molar-refractivity contribution < 1.29 is 13.2 Å². The molecule has 6 heteroatoms. The van der Waals surface area contributed by atoms with Gasteiger partial charge in [-0.3, -0.25) is 0 Å². The molecule has 7 unspecified atom stereocenters. The van der Waals surface area contributed by atoms with E-state index in [0.717, 1.165) is 62.7 Å². The number of fused-ring (bicyclic) bond motifs is 7. The second kappa shape index (κ2) is 10.3. The summed E-state index contributed by atoms with van der Waals surface area (Å²) in [6.45, 7) is 14.3. The van der Waals surface area contributed by atoms with Crippen LogP contribution in [0.4, 0.5) is 0 Å².